The van der Waals surface area contributed by atoms with Crippen molar-refractivity contribution < 1.29 is 0 Å². The molecule has 1 aromatic heterocycles. The molecule has 0 radical (unpaired) electrons. The Hall–Kier alpha value is -0.160. The number of hydrogen-bond donors (Lipinski definition) is 1. The Morgan fingerprint density at radius 2 is 1.89 bits per heavy atom. The Morgan fingerprint density at radius 1 is 1.21 bits per heavy atom. The van der Waals surface area contributed by atoms with E-state index in [1.165, 1.54) is 16.0 Å². The van der Waals surface area contributed by atoms with E-state index < -0.39 is 0 Å². The van der Waals surface area contributed by atoms with Crippen LogP contribution in [0.15, 0.2) is 38.6 Å². The van der Waals surface area contributed by atoms with Crippen LogP contribution >= 0.6 is 43.2 Å². The Balaban J connectivity index is 2.32. The zero-order valence-electron chi connectivity index (χ0n) is 11.0. The van der Waals surface area contributed by atoms with Crippen LogP contribution in [-0.4, -0.2) is 6.54 Å². The van der Waals surface area contributed by atoms with Gasteiger partial charge in [0.1, 0.15) is 0 Å². The van der Waals surface area contributed by atoms with Crippen molar-refractivity contribution in [2.24, 2.45) is 0 Å². The highest BCUT2D eigenvalue weighted by atomic mass is 79.9. The van der Waals surface area contributed by atoms with Crippen LogP contribution in [0.3, 0.4) is 0 Å². The minimum absolute atomic E-state index is 0.271. The molecule has 4 heteroatoms. The highest BCUT2D eigenvalue weighted by Gasteiger charge is 2.17. The summed E-state index contributed by atoms with van der Waals surface area (Å²) in [6.45, 7) is 5.34. The molecule has 19 heavy (non-hydrogen) atoms. The van der Waals surface area contributed by atoms with Gasteiger partial charge in [-0.3, -0.25) is 0 Å². The molecule has 1 atom stereocenters. The van der Waals surface area contributed by atoms with E-state index in [9.17, 15) is 0 Å². The van der Waals surface area contributed by atoms with E-state index in [4.69, 9.17) is 0 Å². The van der Waals surface area contributed by atoms with Crippen molar-refractivity contribution in [2.45, 2.75) is 26.3 Å². The predicted molar refractivity (Wildman–Crippen MR) is 91.0 cm³/mol. The highest BCUT2D eigenvalue weighted by molar-refractivity contribution is 9.13. The van der Waals surface area contributed by atoms with Crippen molar-refractivity contribution >= 4 is 43.2 Å². The second-order valence-corrected chi connectivity index (χ2v) is 7.82. The molecule has 2 aromatic rings. The third-order valence-electron chi connectivity index (χ3n) is 2.96. The number of hydrogen-bond acceptors (Lipinski definition) is 2. The molecule has 0 aliphatic rings. The molecule has 0 aliphatic carbocycles. The fourth-order valence-corrected chi connectivity index (χ4v) is 4.13. The Morgan fingerprint density at radius 3 is 2.42 bits per heavy atom. The van der Waals surface area contributed by atoms with E-state index in [0.717, 1.165) is 21.2 Å². The van der Waals surface area contributed by atoms with E-state index in [1.54, 1.807) is 11.3 Å². The van der Waals surface area contributed by atoms with Gasteiger partial charge in [-0.1, -0.05) is 36.8 Å². The Kier molecular flexibility index (Phi) is 5.63. The molecule has 0 bridgehead atoms. The minimum Gasteiger partial charge on any atom is -0.306 e. The largest absolute Gasteiger partial charge is 0.306 e. The lowest BCUT2D eigenvalue weighted by molar-refractivity contribution is 0.605. The van der Waals surface area contributed by atoms with Crippen LogP contribution in [0.4, 0.5) is 0 Å². The first kappa shape index (κ1) is 15.2. The summed E-state index contributed by atoms with van der Waals surface area (Å²) >= 11 is 8.93. The van der Waals surface area contributed by atoms with Gasteiger partial charge in [0.05, 0.1) is 9.83 Å². The highest BCUT2D eigenvalue weighted by Crippen LogP contribution is 2.37. The van der Waals surface area contributed by atoms with Gasteiger partial charge in [-0.25, -0.2) is 0 Å². The van der Waals surface area contributed by atoms with Crippen LogP contribution < -0.4 is 5.32 Å². The average molecular weight is 403 g/mol. The van der Waals surface area contributed by atoms with Crippen molar-refractivity contribution in [3.8, 4) is 0 Å². The van der Waals surface area contributed by atoms with Gasteiger partial charge >= 0.3 is 0 Å². The topological polar surface area (TPSA) is 12.0 Å². The van der Waals surface area contributed by atoms with Crippen LogP contribution in [0, 0.1) is 6.92 Å². The predicted octanol–water partition coefficient (Wildman–Crippen LogP) is 5.67. The van der Waals surface area contributed by atoms with Crippen LogP contribution in [0.1, 0.15) is 35.4 Å². The summed E-state index contributed by atoms with van der Waals surface area (Å²) in [4.78, 5) is 1.33. The molecule has 1 aromatic carbocycles. The molecule has 0 spiro atoms. The van der Waals surface area contributed by atoms with Gasteiger partial charge in [0, 0.05) is 9.35 Å². The van der Waals surface area contributed by atoms with Crippen molar-refractivity contribution in [1.82, 2.24) is 5.32 Å². The SMILES string of the molecule is CCCNC(c1ccc(C)cc1)c1cc(Br)c(Br)s1. The number of nitrogens with one attached hydrogen (secondary N) is 1. The molecule has 2 rings (SSSR count). The van der Waals surface area contributed by atoms with Gasteiger partial charge in [-0.05, 0) is 63.4 Å². The number of benzene rings is 1. The monoisotopic (exact) mass is 401 g/mol. The van der Waals surface area contributed by atoms with E-state index in [1.807, 2.05) is 0 Å². The first-order chi connectivity index (χ1) is 9.11. The smallest absolute Gasteiger partial charge is 0.0843 e. The summed E-state index contributed by atoms with van der Waals surface area (Å²) in [5.74, 6) is 0. The zero-order valence-corrected chi connectivity index (χ0v) is 15.0. The average Bonchev–Trinajstić information content (AvgIpc) is 2.72. The van der Waals surface area contributed by atoms with Gasteiger partial charge in [-0.2, -0.15) is 0 Å². The third-order valence-corrected chi connectivity index (χ3v) is 6.28. The van der Waals surface area contributed by atoms with Crippen LogP contribution in [-0.2, 0) is 0 Å². The maximum Gasteiger partial charge on any atom is 0.0843 e. The fourth-order valence-electron chi connectivity index (χ4n) is 1.94. The molecule has 0 aliphatic heterocycles. The molecular formula is C15H17Br2NS. The molecule has 1 N–H and O–H groups in total. The maximum atomic E-state index is 3.63. The zero-order chi connectivity index (χ0) is 13.8. The summed E-state index contributed by atoms with van der Waals surface area (Å²) in [5.41, 5.74) is 2.62. The number of aryl methyl sites for hydroxylation is 1. The third kappa shape index (κ3) is 3.91. The number of halogens is 2. The molecule has 0 saturated carbocycles. The van der Waals surface area contributed by atoms with Gasteiger partial charge in [0.25, 0.3) is 0 Å². The molecule has 1 nitrogen and oxygen atoms in total. The summed E-state index contributed by atoms with van der Waals surface area (Å²) in [5, 5.41) is 3.63. The molecule has 0 fully saturated rings. The lowest BCUT2D eigenvalue weighted by Crippen LogP contribution is -2.22. The van der Waals surface area contributed by atoms with Crippen LogP contribution in [0.25, 0.3) is 0 Å². The van der Waals surface area contributed by atoms with Crippen molar-refractivity contribution in [3.05, 3.63) is 54.6 Å². The first-order valence-electron chi connectivity index (χ1n) is 6.36. The van der Waals surface area contributed by atoms with Crippen LogP contribution in [0.5, 0.6) is 0 Å². The molecule has 0 amide bonds. The lowest BCUT2D eigenvalue weighted by atomic mass is 10.0. The Labute approximate surface area is 135 Å². The first-order valence-corrected chi connectivity index (χ1v) is 8.76. The van der Waals surface area contributed by atoms with Gasteiger partial charge in [-0.15, -0.1) is 11.3 Å². The summed E-state index contributed by atoms with van der Waals surface area (Å²) in [7, 11) is 0. The molecular weight excluding hydrogens is 386 g/mol. The van der Waals surface area contributed by atoms with Crippen molar-refractivity contribution in [3.63, 3.8) is 0 Å². The molecule has 1 unspecified atom stereocenters. The molecule has 1 heterocycles. The van der Waals surface area contributed by atoms with Gasteiger partial charge in [0.15, 0.2) is 0 Å². The quantitative estimate of drug-likeness (QED) is 0.679. The fraction of sp³-hybridized carbons (Fsp3) is 0.333. The number of rotatable bonds is 5. The Bertz CT molecular complexity index is 514. The van der Waals surface area contributed by atoms with Gasteiger partial charge < -0.3 is 5.32 Å². The number of thiophene rings is 1. The molecule has 0 saturated heterocycles. The lowest BCUT2D eigenvalue weighted by Gasteiger charge is -2.17. The maximum absolute atomic E-state index is 3.63. The normalized spacial score (nSPS) is 12.6. The van der Waals surface area contributed by atoms with Crippen molar-refractivity contribution in [1.29, 1.82) is 0 Å². The van der Waals surface area contributed by atoms with Crippen LogP contribution in [0.2, 0.25) is 0 Å². The summed E-state index contributed by atoms with van der Waals surface area (Å²) < 4.78 is 2.28. The summed E-state index contributed by atoms with van der Waals surface area (Å²) in [6.07, 6.45) is 1.13. The molecule has 102 valence electrons. The summed E-state index contributed by atoms with van der Waals surface area (Å²) in [6, 6.07) is 11.2. The van der Waals surface area contributed by atoms with E-state index in [-0.39, 0.29) is 6.04 Å². The van der Waals surface area contributed by atoms with E-state index in [0.29, 0.717) is 0 Å². The van der Waals surface area contributed by atoms with E-state index in [2.05, 4.69) is 81.4 Å². The minimum atomic E-state index is 0.271. The van der Waals surface area contributed by atoms with E-state index >= 15 is 0 Å². The second-order valence-electron chi connectivity index (χ2n) is 4.57. The second kappa shape index (κ2) is 7.02. The van der Waals surface area contributed by atoms with Crippen molar-refractivity contribution in [2.75, 3.05) is 6.54 Å². The van der Waals surface area contributed by atoms with Gasteiger partial charge in [0.2, 0.25) is 0 Å². The standard InChI is InChI=1S/C15H17Br2NS/c1-3-8-18-14(11-6-4-10(2)5-7-11)13-9-12(16)15(17)19-13/h4-7,9,14,18H,3,8H2,1-2H3.